The van der Waals surface area contributed by atoms with E-state index in [2.05, 4.69) is 25.3 Å². The Hall–Kier alpha value is -3.61. The number of anilines is 2. The molecule has 190 valence electrons. The van der Waals surface area contributed by atoms with E-state index in [1.54, 1.807) is 44.2 Å². The molecular weight excluding hydrogens is 502 g/mol. The van der Waals surface area contributed by atoms with Gasteiger partial charge >= 0.3 is 0 Å². The van der Waals surface area contributed by atoms with Gasteiger partial charge in [0.15, 0.2) is 5.11 Å². The van der Waals surface area contributed by atoms with Gasteiger partial charge in [-0.05, 0) is 81.5 Å². The molecule has 0 radical (unpaired) electrons. The van der Waals surface area contributed by atoms with E-state index in [-0.39, 0.29) is 16.0 Å². The average Bonchev–Trinajstić information content (AvgIpc) is 2.81. The third kappa shape index (κ3) is 7.97. The second-order valence-corrected chi connectivity index (χ2v) is 9.68. The highest BCUT2D eigenvalue weighted by molar-refractivity contribution is 7.92. The molecule has 36 heavy (non-hydrogen) atoms. The minimum absolute atomic E-state index is 0.00218. The van der Waals surface area contributed by atoms with Gasteiger partial charge in [-0.25, -0.2) is 23.1 Å². The average molecular weight is 530 g/mol. The summed E-state index contributed by atoms with van der Waals surface area (Å²) in [6.07, 6.45) is 0. The fourth-order valence-corrected chi connectivity index (χ4v) is 4.25. The normalized spacial score (nSPS) is 11.0. The molecular formula is C24H27N5O5S2. The van der Waals surface area contributed by atoms with Crippen LogP contribution in [0.3, 0.4) is 0 Å². The van der Waals surface area contributed by atoms with Gasteiger partial charge in [-0.15, -0.1) is 0 Å². The number of nitrogens with zero attached hydrogens (tertiary/aromatic N) is 2. The second-order valence-electron chi connectivity index (χ2n) is 7.59. The highest BCUT2D eigenvalue weighted by atomic mass is 32.2. The van der Waals surface area contributed by atoms with Crippen molar-refractivity contribution in [2.45, 2.75) is 25.7 Å². The number of rotatable bonds is 10. The summed E-state index contributed by atoms with van der Waals surface area (Å²) in [5.74, 6) is 0.125. The Kier molecular flexibility index (Phi) is 9.28. The predicted molar refractivity (Wildman–Crippen MR) is 141 cm³/mol. The summed E-state index contributed by atoms with van der Waals surface area (Å²) < 4.78 is 38.5. The van der Waals surface area contributed by atoms with Crippen molar-refractivity contribution in [1.82, 2.24) is 15.3 Å². The van der Waals surface area contributed by atoms with Gasteiger partial charge < -0.3 is 14.8 Å². The van der Waals surface area contributed by atoms with E-state index in [1.807, 2.05) is 6.92 Å². The maximum Gasteiger partial charge on any atom is 0.264 e. The molecule has 0 atom stereocenters. The Morgan fingerprint density at radius 3 is 2.36 bits per heavy atom. The molecule has 1 heterocycles. The number of thiocarbonyl (C=S) groups is 1. The number of ether oxygens (including phenoxy) is 2. The lowest BCUT2D eigenvalue weighted by atomic mass is 10.2. The lowest BCUT2D eigenvalue weighted by Gasteiger charge is -2.12. The van der Waals surface area contributed by atoms with Gasteiger partial charge in [-0.2, -0.15) is 0 Å². The Morgan fingerprint density at radius 2 is 1.69 bits per heavy atom. The van der Waals surface area contributed by atoms with E-state index in [1.165, 1.54) is 24.3 Å². The van der Waals surface area contributed by atoms with E-state index in [9.17, 15) is 13.2 Å². The molecule has 0 saturated heterocycles. The van der Waals surface area contributed by atoms with Gasteiger partial charge in [0.2, 0.25) is 5.95 Å². The number of aromatic nitrogens is 2. The first-order valence-corrected chi connectivity index (χ1v) is 12.9. The van der Waals surface area contributed by atoms with Gasteiger partial charge in [0, 0.05) is 29.2 Å². The summed E-state index contributed by atoms with van der Waals surface area (Å²) in [5.41, 5.74) is 2.16. The zero-order chi connectivity index (χ0) is 26.1. The minimum Gasteiger partial charge on any atom is -0.491 e. The number of hydrogen-bond acceptors (Lipinski definition) is 8. The van der Waals surface area contributed by atoms with Crippen LogP contribution in [0.5, 0.6) is 5.75 Å². The smallest absolute Gasteiger partial charge is 0.264 e. The molecule has 12 heteroatoms. The van der Waals surface area contributed by atoms with Crippen molar-refractivity contribution in [1.29, 1.82) is 0 Å². The highest BCUT2D eigenvalue weighted by Gasteiger charge is 2.16. The van der Waals surface area contributed by atoms with Crippen molar-refractivity contribution >= 4 is 44.9 Å². The number of carbonyl (C=O) groups is 1. The first kappa shape index (κ1) is 27.0. The van der Waals surface area contributed by atoms with Crippen molar-refractivity contribution in [3.63, 3.8) is 0 Å². The van der Waals surface area contributed by atoms with Crippen LogP contribution in [0.25, 0.3) is 0 Å². The molecule has 3 aromatic rings. The van der Waals surface area contributed by atoms with Crippen LogP contribution in [-0.2, 0) is 14.8 Å². The Labute approximate surface area is 215 Å². The summed E-state index contributed by atoms with van der Waals surface area (Å²) in [5, 5.41) is 5.51. The van der Waals surface area contributed by atoms with Crippen LogP contribution in [0.1, 0.15) is 28.7 Å². The van der Waals surface area contributed by atoms with Crippen LogP contribution in [-0.4, -0.2) is 49.2 Å². The summed E-state index contributed by atoms with van der Waals surface area (Å²) in [7, 11) is -3.89. The van der Waals surface area contributed by atoms with Crippen molar-refractivity contribution in [3.8, 4) is 5.75 Å². The topological polar surface area (TPSA) is 132 Å². The molecule has 0 unspecified atom stereocenters. The summed E-state index contributed by atoms with van der Waals surface area (Å²) >= 11 is 5.22. The molecule has 0 saturated carbocycles. The second kappa shape index (κ2) is 12.4. The maximum atomic E-state index is 12.7. The number of amides is 1. The number of nitrogens with one attached hydrogen (secondary N) is 3. The Balaban J connectivity index is 1.57. The Bertz CT molecular complexity index is 1310. The third-order valence-corrected chi connectivity index (χ3v) is 6.20. The van der Waals surface area contributed by atoms with Crippen LogP contribution in [0.15, 0.2) is 59.5 Å². The largest absolute Gasteiger partial charge is 0.491 e. The summed E-state index contributed by atoms with van der Waals surface area (Å²) in [6, 6.07) is 14.3. The zero-order valence-corrected chi connectivity index (χ0v) is 21.7. The van der Waals surface area contributed by atoms with Gasteiger partial charge in [0.05, 0.1) is 11.5 Å². The monoisotopic (exact) mass is 529 g/mol. The molecule has 2 aromatic carbocycles. The highest BCUT2D eigenvalue weighted by Crippen LogP contribution is 2.17. The van der Waals surface area contributed by atoms with E-state index in [0.717, 1.165) is 0 Å². The SMILES string of the molecule is CCOCCOc1cccc(C(=O)NC(=S)Nc2ccc(S(=O)(=O)Nc3nc(C)cc(C)n3)cc2)c1. The lowest BCUT2D eigenvalue weighted by Crippen LogP contribution is -2.34. The van der Waals surface area contributed by atoms with Crippen LogP contribution < -0.4 is 20.1 Å². The number of sulfonamides is 1. The van der Waals surface area contributed by atoms with Crippen LogP contribution in [0.2, 0.25) is 0 Å². The first-order valence-electron chi connectivity index (χ1n) is 11.0. The van der Waals surface area contributed by atoms with Crippen molar-refractivity contribution in [2.24, 2.45) is 0 Å². The minimum atomic E-state index is -3.89. The molecule has 3 N–H and O–H groups in total. The first-order chi connectivity index (χ1) is 17.2. The fraction of sp³-hybridized carbons (Fsp3) is 0.250. The number of benzene rings is 2. The maximum absolute atomic E-state index is 12.7. The van der Waals surface area contributed by atoms with E-state index in [0.29, 0.717) is 48.2 Å². The standard InChI is InChI=1S/C24H27N5O5S2/c1-4-33-12-13-34-20-7-5-6-18(15-20)22(30)28-24(35)27-19-8-10-21(11-9-19)36(31,32)29-23-25-16(2)14-17(3)26-23/h5-11,14-15H,4,12-13H2,1-3H3,(H,25,26,29)(H2,27,28,30,35). The molecule has 0 fully saturated rings. The van der Waals surface area contributed by atoms with Crippen molar-refractivity contribution in [2.75, 3.05) is 29.9 Å². The molecule has 0 aliphatic heterocycles. The van der Waals surface area contributed by atoms with Crippen LogP contribution >= 0.6 is 12.2 Å². The Morgan fingerprint density at radius 1 is 1.00 bits per heavy atom. The molecule has 1 aromatic heterocycles. The van der Waals surface area contributed by atoms with Gasteiger partial charge in [-0.3, -0.25) is 10.1 Å². The molecule has 1 amide bonds. The quantitative estimate of drug-likeness (QED) is 0.267. The summed E-state index contributed by atoms with van der Waals surface area (Å²) in [4.78, 5) is 20.8. The summed E-state index contributed by atoms with van der Waals surface area (Å²) in [6.45, 7) is 6.84. The van der Waals surface area contributed by atoms with E-state index < -0.39 is 15.9 Å². The number of aryl methyl sites for hydroxylation is 2. The van der Waals surface area contributed by atoms with Crippen LogP contribution in [0, 0.1) is 13.8 Å². The van der Waals surface area contributed by atoms with Crippen molar-refractivity contribution in [3.05, 3.63) is 71.5 Å². The third-order valence-electron chi connectivity index (χ3n) is 4.65. The number of carbonyl (C=O) groups excluding carboxylic acids is 1. The van der Waals surface area contributed by atoms with Gasteiger partial charge in [0.25, 0.3) is 15.9 Å². The van der Waals surface area contributed by atoms with Gasteiger partial charge in [0.1, 0.15) is 12.4 Å². The zero-order valence-electron chi connectivity index (χ0n) is 20.1. The predicted octanol–water partition coefficient (Wildman–Crippen LogP) is 3.44. The molecule has 0 bridgehead atoms. The number of hydrogen-bond donors (Lipinski definition) is 3. The lowest BCUT2D eigenvalue weighted by molar-refractivity contribution is 0.0976. The molecule has 10 nitrogen and oxygen atoms in total. The van der Waals surface area contributed by atoms with Crippen LogP contribution in [0.4, 0.5) is 11.6 Å². The van der Waals surface area contributed by atoms with Gasteiger partial charge in [-0.1, -0.05) is 6.07 Å². The fourth-order valence-electron chi connectivity index (χ4n) is 3.10. The molecule has 0 spiro atoms. The molecule has 0 aliphatic rings. The van der Waals surface area contributed by atoms with E-state index in [4.69, 9.17) is 21.7 Å². The molecule has 0 aliphatic carbocycles. The van der Waals surface area contributed by atoms with E-state index >= 15 is 0 Å². The molecule has 3 rings (SSSR count). The van der Waals surface area contributed by atoms with Crippen molar-refractivity contribution < 1.29 is 22.7 Å².